The Bertz CT molecular complexity index is 426. The summed E-state index contributed by atoms with van der Waals surface area (Å²) < 4.78 is 1.08. The minimum Gasteiger partial charge on any atom is -0.481 e. The van der Waals surface area contributed by atoms with E-state index in [0.29, 0.717) is 0 Å². The summed E-state index contributed by atoms with van der Waals surface area (Å²) in [6.45, 7) is 1.74. The molecular weight excluding hydrogens is 268 g/mol. The summed E-state index contributed by atoms with van der Waals surface area (Å²) in [6.07, 6.45) is 4.63. The molecule has 0 aromatic heterocycles. The number of hydrogen-bond acceptors (Lipinski definition) is 1. The molecule has 0 heterocycles. The number of carboxylic acids is 1. The zero-order valence-electron chi connectivity index (χ0n) is 9.29. The molecule has 1 atom stereocenters. The number of benzene rings is 1. The molecule has 0 aliphatic heterocycles. The van der Waals surface area contributed by atoms with Gasteiger partial charge in [-0.25, -0.2) is 0 Å². The molecule has 1 N–H and O–H groups in total. The van der Waals surface area contributed by atoms with Gasteiger partial charge in [-0.1, -0.05) is 22.0 Å². The molecule has 3 heteroatoms. The lowest BCUT2D eigenvalue weighted by molar-refractivity contribution is -0.138. The molecule has 0 saturated carbocycles. The van der Waals surface area contributed by atoms with Crippen molar-refractivity contribution in [3.05, 3.63) is 33.3 Å². The third-order valence-electron chi connectivity index (χ3n) is 3.30. The van der Waals surface area contributed by atoms with E-state index >= 15 is 0 Å². The zero-order valence-corrected chi connectivity index (χ0v) is 10.9. The normalized spacial score (nSPS) is 16.6. The summed E-state index contributed by atoms with van der Waals surface area (Å²) >= 11 is 3.56. The van der Waals surface area contributed by atoms with Gasteiger partial charge in [0, 0.05) is 4.47 Å². The Morgan fingerprint density at radius 3 is 2.75 bits per heavy atom. The third kappa shape index (κ3) is 2.14. The van der Waals surface area contributed by atoms with E-state index in [1.165, 1.54) is 24.0 Å². The lowest BCUT2D eigenvalue weighted by atomic mass is 9.88. The Balaban J connectivity index is 2.42. The first kappa shape index (κ1) is 11.6. The van der Waals surface area contributed by atoms with E-state index in [4.69, 9.17) is 5.11 Å². The van der Waals surface area contributed by atoms with Gasteiger partial charge in [0.25, 0.3) is 0 Å². The van der Waals surface area contributed by atoms with Gasteiger partial charge >= 0.3 is 5.97 Å². The summed E-state index contributed by atoms with van der Waals surface area (Å²) in [6, 6.07) is 4.03. The summed E-state index contributed by atoms with van der Waals surface area (Å²) in [5.41, 5.74) is 3.59. The van der Waals surface area contributed by atoms with Crippen molar-refractivity contribution in [2.24, 2.45) is 0 Å². The van der Waals surface area contributed by atoms with Crippen LogP contribution < -0.4 is 0 Å². The molecule has 0 fully saturated rings. The smallest absolute Gasteiger partial charge is 0.310 e. The van der Waals surface area contributed by atoms with Crippen molar-refractivity contribution in [3.8, 4) is 0 Å². The number of fused-ring (bicyclic) bond motifs is 1. The first-order chi connectivity index (χ1) is 7.59. The Labute approximate surface area is 104 Å². The highest BCUT2D eigenvalue weighted by Gasteiger charge is 2.19. The van der Waals surface area contributed by atoms with E-state index < -0.39 is 11.9 Å². The van der Waals surface area contributed by atoms with E-state index in [1.807, 2.05) is 6.07 Å². The first-order valence-electron chi connectivity index (χ1n) is 5.63. The van der Waals surface area contributed by atoms with Crippen molar-refractivity contribution in [2.45, 2.75) is 38.5 Å². The molecule has 0 spiro atoms. The number of carboxylic acid groups (broad SMARTS) is 1. The highest BCUT2D eigenvalue weighted by molar-refractivity contribution is 9.10. The van der Waals surface area contributed by atoms with Crippen LogP contribution in [0.5, 0.6) is 0 Å². The number of rotatable bonds is 2. The zero-order chi connectivity index (χ0) is 11.7. The summed E-state index contributed by atoms with van der Waals surface area (Å²) in [4.78, 5) is 11.0. The molecular formula is C13H15BrO2. The number of aryl methyl sites for hydroxylation is 1. The SMILES string of the molecule is CC(C(=O)O)c1cc(Br)c2c(c1)CCCC2. The fraction of sp³-hybridized carbons (Fsp3) is 0.462. The average molecular weight is 283 g/mol. The van der Waals surface area contributed by atoms with E-state index in [2.05, 4.69) is 22.0 Å². The van der Waals surface area contributed by atoms with Gasteiger partial charge in [0.1, 0.15) is 0 Å². The summed E-state index contributed by atoms with van der Waals surface area (Å²) in [5.74, 6) is -1.19. The van der Waals surface area contributed by atoms with Crippen LogP contribution in [-0.4, -0.2) is 11.1 Å². The Kier molecular flexibility index (Phi) is 3.33. The minimum absolute atomic E-state index is 0.427. The molecule has 2 rings (SSSR count). The molecule has 0 bridgehead atoms. The quantitative estimate of drug-likeness (QED) is 0.901. The second-order valence-corrected chi connectivity index (χ2v) is 5.26. The molecule has 0 saturated heterocycles. The largest absolute Gasteiger partial charge is 0.481 e. The second-order valence-electron chi connectivity index (χ2n) is 4.41. The van der Waals surface area contributed by atoms with Gasteiger partial charge in [-0.15, -0.1) is 0 Å². The standard InChI is InChI=1S/C13H15BrO2/c1-8(13(15)16)10-6-9-4-2-3-5-11(9)12(14)7-10/h6-8H,2-5H2,1H3,(H,15,16). The van der Waals surface area contributed by atoms with Crippen LogP contribution >= 0.6 is 15.9 Å². The lowest BCUT2D eigenvalue weighted by Crippen LogP contribution is -2.10. The van der Waals surface area contributed by atoms with E-state index in [9.17, 15) is 4.79 Å². The van der Waals surface area contributed by atoms with Crippen LogP contribution in [0, 0.1) is 0 Å². The predicted octanol–water partition coefficient (Wildman–Crippen LogP) is 3.52. The van der Waals surface area contributed by atoms with Crippen LogP contribution in [-0.2, 0) is 17.6 Å². The van der Waals surface area contributed by atoms with Crippen LogP contribution in [0.25, 0.3) is 0 Å². The maximum Gasteiger partial charge on any atom is 0.310 e. The van der Waals surface area contributed by atoms with Crippen molar-refractivity contribution in [3.63, 3.8) is 0 Å². The predicted molar refractivity (Wildman–Crippen MR) is 66.8 cm³/mol. The molecule has 1 aromatic rings. The van der Waals surface area contributed by atoms with Crippen molar-refractivity contribution in [1.29, 1.82) is 0 Å². The first-order valence-corrected chi connectivity index (χ1v) is 6.43. The van der Waals surface area contributed by atoms with Crippen LogP contribution in [0.4, 0.5) is 0 Å². The fourth-order valence-electron chi connectivity index (χ4n) is 2.23. The van der Waals surface area contributed by atoms with Crippen molar-refractivity contribution in [2.75, 3.05) is 0 Å². The molecule has 2 nitrogen and oxygen atoms in total. The Morgan fingerprint density at radius 2 is 2.06 bits per heavy atom. The molecule has 0 amide bonds. The highest BCUT2D eigenvalue weighted by Crippen LogP contribution is 2.32. The van der Waals surface area contributed by atoms with Gasteiger partial charge in [-0.2, -0.15) is 0 Å². The lowest BCUT2D eigenvalue weighted by Gasteiger charge is -2.19. The van der Waals surface area contributed by atoms with Gasteiger partial charge in [-0.3, -0.25) is 4.79 Å². The average Bonchev–Trinajstić information content (AvgIpc) is 2.28. The second kappa shape index (κ2) is 4.58. The summed E-state index contributed by atoms with van der Waals surface area (Å²) in [7, 11) is 0. The maximum atomic E-state index is 11.0. The van der Waals surface area contributed by atoms with E-state index in [-0.39, 0.29) is 0 Å². The van der Waals surface area contributed by atoms with Crippen LogP contribution in [0.2, 0.25) is 0 Å². The van der Waals surface area contributed by atoms with Crippen LogP contribution in [0.3, 0.4) is 0 Å². The third-order valence-corrected chi connectivity index (χ3v) is 4.01. The van der Waals surface area contributed by atoms with Gasteiger partial charge in [0.15, 0.2) is 0 Å². The maximum absolute atomic E-state index is 11.0. The van der Waals surface area contributed by atoms with Crippen molar-refractivity contribution in [1.82, 2.24) is 0 Å². The van der Waals surface area contributed by atoms with Crippen LogP contribution in [0.1, 0.15) is 42.4 Å². The summed E-state index contributed by atoms with van der Waals surface area (Å²) in [5, 5.41) is 9.02. The van der Waals surface area contributed by atoms with Gasteiger partial charge in [0.2, 0.25) is 0 Å². The fourth-order valence-corrected chi connectivity index (χ4v) is 2.95. The van der Waals surface area contributed by atoms with Crippen molar-refractivity contribution >= 4 is 21.9 Å². The molecule has 0 radical (unpaired) electrons. The molecule has 16 heavy (non-hydrogen) atoms. The van der Waals surface area contributed by atoms with E-state index in [1.54, 1.807) is 6.92 Å². The topological polar surface area (TPSA) is 37.3 Å². The highest BCUT2D eigenvalue weighted by atomic mass is 79.9. The van der Waals surface area contributed by atoms with Crippen LogP contribution in [0.15, 0.2) is 16.6 Å². The Hall–Kier alpha value is -0.830. The minimum atomic E-state index is -0.761. The number of halogens is 1. The number of aliphatic carboxylic acids is 1. The van der Waals surface area contributed by atoms with E-state index in [0.717, 1.165) is 22.9 Å². The molecule has 1 aliphatic carbocycles. The molecule has 86 valence electrons. The Morgan fingerprint density at radius 1 is 1.38 bits per heavy atom. The van der Waals surface area contributed by atoms with Gasteiger partial charge in [-0.05, 0) is 55.4 Å². The number of carbonyl (C=O) groups is 1. The van der Waals surface area contributed by atoms with Crippen molar-refractivity contribution < 1.29 is 9.90 Å². The van der Waals surface area contributed by atoms with Gasteiger partial charge < -0.3 is 5.11 Å². The van der Waals surface area contributed by atoms with Gasteiger partial charge in [0.05, 0.1) is 5.92 Å². The monoisotopic (exact) mass is 282 g/mol. The molecule has 1 aromatic carbocycles. The molecule has 1 unspecified atom stereocenters. The number of hydrogen-bond donors (Lipinski definition) is 1. The molecule has 1 aliphatic rings.